The summed E-state index contributed by atoms with van der Waals surface area (Å²) in [5, 5.41) is 8.71. The van der Waals surface area contributed by atoms with Gasteiger partial charge in [-0.25, -0.2) is 0 Å². The average Bonchev–Trinajstić information content (AvgIpc) is 3.30. The van der Waals surface area contributed by atoms with Crippen molar-refractivity contribution in [3.8, 4) is 17.9 Å². The van der Waals surface area contributed by atoms with Gasteiger partial charge < -0.3 is 10.6 Å². The van der Waals surface area contributed by atoms with Crippen molar-refractivity contribution in [1.82, 2.24) is 9.88 Å². The van der Waals surface area contributed by atoms with Gasteiger partial charge in [0.1, 0.15) is 0 Å². The summed E-state index contributed by atoms with van der Waals surface area (Å²) < 4.78 is 0. The number of nitriles is 1. The van der Waals surface area contributed by atoms with Gasteiger partial charge in [0.05, 0.1) is 30.2 Å². The Balaban J connectivity index is 2.25. The van der Waals surface area contributed by atoms with Gasteiger partial charge in [-0.3, -0.25) is 9.78 Å². The van der Waals surface area contributed by atoms with Gasteiger partial charge in [-0.15, -0.1) is 0 Å². The predicted molar refractivity (Wildman–Crippen MR) is 74.5 cm³/mol. The number of carbonyl (C=O) groups excluding carboxylic acids is 1. The average molecular weight is 268 g/mol. The van der Waals surface area contributed by atoms with Crippen LogP contribution in [0.4, 0.5) is 0 Å². The van der Waals surface area contributed by atoms with Crippen molar-refractivity contribution in [2.75, 3.05) is 13.1 Å². The maximum atomic E-state index is 12.6. The van der Waals surface area contributed by atoms with Gasteiger partial charge in [0.15, 0.2) is 0 Å². The molecule has 1 aliphatic rings. The molecule has 0 bridgehead atoms. The maximum absolute atomic E-state index is 12.6. The van der Waals surface area contributed by atoms with Crippen molar-refractivity contribution < 1.29 is 4.79 Å². The molecule has 0 aromatic carbocycles. The van der Waals surface area contributed by atoms with Crippen molar-refractivity contribution in [3.05, 3.63) is 29.6 Å². The van der Waals surface area contributed by atoms with Crippen molar-refractivity contribution in [2.45, 2.75) is 25.3 Å². The molecule has 5 heteroatoms. The highest BCUT2D eigenvalue weighted by molar-refractivity contribution is 5.97. The molecule has 1 aliphatic carbocycles. The first-order valence-electron chi connectivity index (χ1n) is 6.58. The number of nitrogens with two attached hydrogens (primary N) is 1. The van der Waals surface area contributed by atoms with Crippen LogP contribution in [0, 0.1) is 23.2 Å². The summed E-state index contributed by atoms with van der Waals surface area (Å²) >= 11 is 0. The standard InChI is InChI=1S/C15H16N4O/c16-7-1-3-12-11-18-9-6-14(12)15(20)19(10-2-8-17)13-4-5-13/h6,9,11,13H,2,4-5,7,10,16H2. The summed E-state index contributed by atoms with van der Waals surface area (Å²) in [6, 6.07) is 4.02. The Morgan fingerprint density at radius 1 is 1.55 bits per heavy atom. The first-order valence-corrected chi connectivity index (χ1v) is 6.58. The second kappa shape index (κ2) is 6.70. The molecule has 1 heterocycles. The number of aromatic nitrogens is 1. The molecule has 1 amide bonds. The first kappa shape index (κ1) is 14.0. The van der Waals surface area contributed by atoms with E-state index in [1.54, 1.807) is 23.4 Å². The molecule has 1 aromatic rings. The van der Waals surface area contributed by atoms with Crippen LogP contribution in [-0.4, -0.2) is 34.9 Å². The van der Waals surface area contributed by atoms with E-state index >= 15 is 0 Å². The van der Waals surface area contributed by atoms with Crippen LogP contribution < -0.4 is 5.73 Å². The highest BCUT2D eigenvalue weighted by Gasteiger charge is 2.33. The topological polar surface area (TPSA) is 83.0 Å². The van der Waals surface area contributed by atoms with Gasteiger partial charge in [0, 0.05) is 25.0 Å². The van der Waals surface area contributed by atoms with Crippen LogP contribution in [0.15, 0.2) is 18.5 Å². The summed E-state index contributed by atoms with van der Waals surface area (Å²) in [4.78, 5) is 18.4. The van der Waals surface area contributed by atoms with Crippen molar-refractivity contribution in [3.63, 3.8) is 0 Å². The number of nitrogens with zero attached hydrogens (tertiary/aromatic N) is 3. The van der Waals surface area contributed by atoms with Crippen molar-refractivity contribution in [2.24, 2.45) is 5.73 Å². The van der Waals surface area contributed by atoms with Gasteiger partial charge in [0.2, 0.25) is 0 Å². The molecule has 1 aromatic heterocycles. The summed E-state index contributed by atoms with van der Waals surface area (Å²) in [7, 11) is 0. The van der Waals surface area contributed by atoms with E-state index in [2.05, 4.69) is 22.9 Å². The van der Waals surface area contributed by atoms with Crippen LogP contribution >= 0.6 is 0 Å². The first-order chi connectivity index (χ1) is 9.77. The molecule has 2 rings (SSSR count). The van der Waals surface area contributed by atoms with Crippen molar-refractivity contribution >= 4 is 5.91 Å². The molecule has 2 N–H and O–H groups in total. The van der Waals surface area contributed by atoms with Crippen LogP contribution in [0.25, 0.3) is 0 Å². The Hall–Kier alpha value is -2.37. The zero-order valence-corrected chi connectivity index (χ0v) is 11.2. The number of hydrogen-bond donors (Lipinski definition) is 1. The number of carbonyl (C=O) groups is 1. The minimum Gasteiger partial charge on any atom is -0.335 e. The third-order valence-electron chi connectivity index (χ3n) is 3.09. The van der Waals surface area contributed by atoms with Crippen LogP contribution in [0.1, 0.15) is 35.2 Å². The lowest BCUT2D eigenvalue weighted by Gasteiger charge is -2.21. The van der Waals surface area contributed by atoms with E-state index in [1.807, 2.05) is 0 Å². The molecule has 20 heavy (non-hydrogen) atoms. The molecule has 5 nitrogen and oxygen atoms in total. The van der Waals surface area contributed by atoms with E-state index < -0.39 is 0 Å². The fourth-order valence-corrected chi connectivity index (χ4v) is 1.99. The molecule has 0 spiro atoms. The van der Waals surface area contributed by atoms with Gasteiger partial charge in [-0.05, 0) is 18.9 Å². The van der Waals surface area contributed by atoms with E-state index in [9.17, 15) is 4.79 Å². The van der Waals surface area contributed by atoms with Crippen molar-refractivity contribution in [1.29, 1.82) is 5.26 Å². The summed E-state index contributed by atoms with van der Waals surface area (Å²) in [5.74, 6) is 5.54. The molecular weight excluding hydrogens is 252 g/mol. The summed E-state index contributed by atoms with van der Waals surface area (Å²) in [6.07, 6.45) is 5.51. The smallest absolute Gasteiger partial charge is 0.255 e. The van der Waals surface area contributed by atoms with Gasteiger partial charge in [0.25, 0.3) is 5.91 Å². The fourth-order valence-electron chi connectivity index (χ4n) is 1.99. The minimum absolute atomic E-state index is 0.0773. The number of hydrogen-bond acceptors (Lipinski definition) is 4. The second-order valence-corrected chi connectivity index (χ2v) is 4.56. The lowest BCUT2D eigenvalue weighted by Crippen LogP contribution is -2.34. The van der Waals surface area contributed by atoms with Gasteiger partial charge in [-0.1, -0.05) is 11.8 Å². The molecule has 102 valence electrons. The Bertz CT molecular complexity index is 590. The quantitative estimate of drug-likeness (QED) is 0.823. The number of rotatable bonds is 4. The molecular formula is C15H16N4O. The molecule has 0 saturated heterocycles. The number of amides is 1. The third kappa shape index (κ3) is 3.34. The predicted octanol–water partition coefficient (Wildman–Crippen LogP) is 0.910. The Labute approximate surface area is 118 Å². The lowest BCUT2D eigenvalue weighted by atomic mass is 10.1. The van der Waals surface area contributed by atoms with E-state index in [0.717, 1.165) is 12.8 Å². The van der Waals surface area contributed by atoms with E-state index in [0.29, 0.717) is 24.1 Å². The maximum Gasteiger partial charge on any atom is 0.255 e. The minimum atomic E-state index is -0.0773. The molecule has 1 fully saturated rings. The van der Waals surface area contributed by atoms with Gasteiger partial charge in [-0.2, -0.15) is 5.26 Å². The lowest BCUT2D eigenvalue weighted by molar-refractivity contribution is 0.0746. The van der Waals surface area contributed by atoms with Crippen LogP contribution in [0.5, 0.6) is 0 Å². The summed E-state index contributed by atoms with van der Waals surface area (Å²) in [5.41, 5.74) is 6.48. The Kier molecular flexibility index (Phi) is 4.70. The second-order valence-electron chi connectivity index (χ2n) is 4.56. The monoisotopic (exact) mass is 268 g/mol. The SMILES string of the molecule is N#CCCN(C(=O)c1ccncc1C#CCN)C1CC1. The molecule has 0 atom stereocenters. The molecule has 0 unspecified atom stereocenters. The molecule has 0 radical (unpaired) electrons. The zero-order valence-electron chi connectivity index (χ0n) is 11.2. The van der Waals surface area contributed by atoms with E-state index in [1.165, 1.54) is 0 Å². The highest BCUT2D eigenvalue weighted by Crippen LogP contribution is 2.28. The number of pyridine rings is 1. The van der Waals surface area contributed by atoms with Gasteiger partial charge >= 0.3 is 0 Å². The van der Waals surface area contributed by atoms with Crippen LogP contribution in [0.3, 0.4) is 0 Å². The van der Waals surface area contributed by atoms with Crippen LogP contribution in [0.2, 0.25) is 0 Å². The van der Waals surface area contributed by atoms with E-state index in [-0.39, 0.29) is 18.5 Å². The summed E-state index contributed by atoms with van der Waals surface area (Å²) in [6.45, 7) is 0.704. The Morgan fingerprint density at radius 3 is 3.00 bits per heavy atom. The Morgan fingerprint density at radius 2 is 2.35 bits per heavy atom. The largest absolute Gasteiger partial charge is 0.335 e. The highest BCUT2D eigenvalue weighted by atomic mass is 16.2. The fraction of sp³-hybridized carbons (Fsp3) is 0.400. The third-order valence-corrected chi connectivity index (χ3v) is 3.09. The molecule has 0 aliphatic heterocycles. The van der Waals surface area contributed by atoms with E-state index in [4.69, 9.17) is 11.0 Å². The normalized spacial score (nSPS) is 13.0. The molecule has 1 saturated carbocycles. The van der Waals surface area contributed by atoms with Crippen LogP contribution in [-0.2, 0) is 0 Å². The zero-order chi connectivity index (χ0) is 14.4.